The molecule has 0 aromatic heterocycles. The van der Waals surface area contributed by atoms with E-state index >= 15 is 0 Å². The lowest BCUT2D eigenvalue weighted by Crippen LogP contribution is -2.11. The maximum Gasteiger partial charge on any atom is 0.0216 e. The normalized spacial score (nSPS) is 9.80. The molecule has 0 N–H and O–H groups in total. The van der Waals surface area contributed by atoms with Gasteiger partial charge in [0.15, 0.2) is 0 Å². The third kappa shape index (κ3) is 7.52. The van der Waals surface area contributed by atoms with Crippen LogP contribution in [0.2, 0.25) is 0 Å². The van der Waals surface area contributed by atoms with E-state index in [0.717, 1.165) is 13.0 Å². The minimum Gasteiger partial charge on any atom is -0.308 e. The molecule has 1 nitrogen and oxygen atoms in total. The number of rotatable bonds is 2. The number of nitrogens with zero attached hydrogens (tertiary/aromatic N) is 1. The molecule has 0 radical (unpaired) electrons. The van der Waals surface area contributed by atoms with Crippen LogP contribution in [0.4, 0.5) is 0 Å². The van der Waals surface area contributed by atoms with E-state index in [2.05, 4.69) is 44.7 Å². The van der Waals surface area contributed by atoms with Gasteiger partial charge in [-0.25, -0.2) is 0 Å². The smallest absolute Gasteiger partial charge is 0.0216 e. The van der Waals surface area contributed by atoms with Gasteiger partial charge in [-0.3, -0.25) is 0 Å². The van der Waals surface area contributed by atoms with Crippen molar-refractivity contribution in [3.63, 3.8) is 0 Å². The van der Waals surface area contributed by atoms with E-state index in [0.29, 0.717) is 5.92 Å². The van der Waals surface area contributed by atoms with Crippen molar-refractivity contribution in [3.8, 4) is 11.8 Å². The summed E-state index contributed by atoms with van der Waals surface area (Å²) in [5.41, 5.74) is 0. The Morgan fingerprint density at radius 3 is 2.30 bits per heavy atom. The molecule has 0 spiro atoms. The van der Waals surface area contributed by atoms with E-state index in [-0.39, 0.29) is 0 Å². The Morgan fingerprint density at radius 1 is 1.30 bits per heavy atom. The van der Waals surface area contributed by atoms with Gasteiger partial charge in [-0.05, 0) is 14.1 Å². The Labute approximate surface area is 64.4 Å². The molecule has 1 heteroatoms. The second kappa shape index (κ2) is 5.32. The Kier molecular flexibility index (Phi) is 5.06. The Morgan fingerprint density at radius 2 is 1.90 bits per heavy atom. The molecule has 0 rings (SSSR count). The molecule has 0 aliphatic rings. The summed E-state index contributed by atoms with van der Waals surface area (Å²) in [6.07, 6.45) is 0.991. The molecule has 0 saturated carbocycles. The first kappa shape index (κ1) is 9.52. The van der Waals surface area contributed by atoms with Gasteiger partial charge in [-0.15, -0.1) is 11.8 Å². The van der Waals surface area contributed by atoms with E-state index in [1.54, 1.807) is 0 Å². The van der Waals surface area contributed by atoms with Crippen LogP contribution in [-0.4, -0.2) is 25.5 Å². The maximum atomic E-state index is 3.12. The monoisotopic (exact) mass is 139 g/mol. The molecule has 0 bridgehead atoms. The van der Waals surface area contributed by atoms with Gasteiger partial charge in [-0.1, -0.05) is 13.8 Å². The van der Waals surface area contributed by atoms with Crippen LogP contribution in [0.5, 0.6) is 0 Å². The van der Waals surface area contributed by atoms with Crippen molar-refractivity contribution in [2.75, 3.05) is 20.6 Å². The van der Waals surface area contributed by atoms with Gasteiger partial charge in [0.2, 0.25) is 0 Å². The van der Waals surface area contributed by atoms with Gasteiger partial charge in [-0.2, -0.15) is 0 Å². The fourth-order valence-electron chi connectivity index (χ4n) is 0.556. The Balaban J connectivity index is 3.29. The van der Waals surface area contributed by atoms with E-state index in [1.807, 2.05) is 0 Å². The van der Waals surface area contributed by atoms with Gasteiger partial charge in [0.1, 0.15) is 0 Å². The average Bonchev–Trinajstić information content (AvgIpc) is 1.79. The van der Waals surface area contributed by atoms with Crippen LogP contribution >= 0.6 is 0 Å². The quantitative estimate of drug-likeness (QED) is 0.525. The van der Waals surface area contributed by atoms with E-state index in [4.69, 9.17) is 0 Å². The minimum atomic E-state index is 0.516. The summed E-state index contributed by atoms with van der Waals surface area (Å²) in [5, 5.41) is 0. The van der Waals surface area contributed by atoms with Crippen LogP contribution in [0.1, 0.15) is 20.3 Å². The molecule has 0 aromatic carbocycles. The third-order valence-electron chi connectivity index (χ3n) is 1.07. The van der Waals surface area contributed by atoms with Gasteiger partial charge in [0, 0.05) is 18.9 Å². The SMILES string of the molecule is CC(C)C#CCCN(C)C. The van der Waals surface area contributed by atoms with Crippen molar-refractivity contribution in [3.05, 3.63) is 0 Å². The second-order valence-electron chi connectivity index (χ2n) is 3.03. The van der Waals surface area contributed by atoms with Crippen LogP contribution in [0.25, 0.3) is 0 Å². The van der Waals surface area contributed by atoms with Crippen molar-refractivity contribution in [1.29, 1.82) is 0 Å². The van der Waals surface area contributed by atoms with Crippen molar-refractivity contribution >= 4 is 0 Å². The predicted octanol–water partition coefficient (Wildman–Crippen LogP) is 1.60. The van der Waals surface area contributed by atoms with Crippen molar-refractivity contribution in [2.24, 2.45) is 5.92 Å². The molecular weight excluding hydrogens is 122 g/mol. The molecule has 0 aromatic rings. The summed E-state index contributed by atoms with van der Waals surface area (Å²) in [6.45, 7) is 5.30. The molecular formula is C9H17N. The maximum absolute atomic E-state index is 3.12. The highest BCUT2D eigenvalue weighted by Gasteiger charge is 1.85. The molecule has 10 heavy (non-hydrogen) atoms. The second-order valence-corrected chi connectivity index (χ2v) is 3.03. The molecule has 0 fully saturated rings. The lowest BCUT2D eigenvalue weighted by atomic mass is 10.2. The molecule has 0 heterocycles. The zero-order valence-electron chi connectivity index (χ0n) is 7.44. The summed E-state index contributed by atoms with van der Waals surface area (Å²) < 4.78 is 0. The molecule has 58 valence electrons. The van der Waals surface area contributed by atoms with Gasteiger partial charge in [0.25, 0.3) is 0 Å². The molecule has 0 aliphatic carbocycles. The summed E-state index contributed by atoms with van der Waals surface area (Å²) >= 11 is 0. The van der Waals surface area contributed by atoms with Crippen molar-refractivity contribution < 1.29 is 0 Å². The van der Waals surface area contributed by atoms with Crippen LogP contribution in [0.15, 0.2) is 0 Å². The van der Waals surface area contributed by atoms with Crippen LogP contribution < -0.4 is 0 Å². The highest BCUT2D eigenvalue weighted by atomic mass is 15.0. The van der Waals surface area contributed by atoms with Gasteiger partial charge in [0.05, 0.1) is 0 Å². The van der Waals surface area contributed by atoms with E-state index in [9.17, 15) is 0 Å². The summed E-state index contributed by atoms with van der Waals surface area (Å²) in [6, 6.07) is 0. The Bertz CT molecular complexity index is 125. The van der Waals surface area contributed by atoms with Crippen LogP contribution in [-0.2, 0) is 0 Å². The molecule has 0 saturated heterocycles. The number of hydrogen-bond donors (Lipinski definition) is 0. The van der Waals surface area contributed by atoms with E-state index in [1.165, 1.54) is 0 Å². The average molecular weight is 139 g/mol. The summed E-state index contributed by atoms with van der Waals surface area (Å²) in [5.74, 6) is 6.76. The summed E-state index contributed by atoms with van der Waals surface area (Å²) in [7, 11) is 4.13. The van der Waals surface area contributed by atoms with Crippen LogP contribution in [0, 0.1) is 17.8 Å². The lowest BCUT2D eigenvalue weighted by Gasteiger charge is -2.04. The molecule has 0 atom stereocenters. The topological polar surface area (TPSA) is 3.24 Å². The first-order valence-electron chi connectivity index (χ1n) is 3.76. The zero-order chi connectivity index (χ0) is 7.98. The summed E-state index contributed by atoms with van der Waals surface area (Å²) in [4.78, 5) is 2.15. The van der Waals surface area contributed by atoms with Crippen molar-refractivity contribution in [1.82, 2.24) is 4.90 Å². The van der Waals surface area contributed by atoms with E-state index < -0.39 is 0 Å². The lowest BCUT2D eigenvalue weighted by molar-refractivity contribution is 0.419. The highest BCUT2D eigenvalue weighted by Crippen LogP contribution is 1.87. The molecule has 0 amide bonds. The minimum absolute atomic E-state index is 0.516. The first-order valence-corrected chi connectivity index (χ1v) is 3.76. The fourth-order valence-corrected chi connectivity index (χ4v) is 0.556. The van der Waals surface area contributed by atoms with Gasteiger partial charge >= 0.3 is 0 Å². The standard InChI is InChI=1S/C9H17N/c1-9(2)7-5-6-8-10(3)4/h9H,6,8H2,1-4H3. The fraction of sp³-hybridized carbons (Fsp3) is 0.778. The molecule has 0 unspecified atom stereocenters. The Hall–Kier alpha value is -0.480. The zero-order valence-corrected chi connectivity index (χ0v) is 7.44. The van der Waals surface area contributed by atoms with Gasteiger partial charge < -0.3 is 4.90 Å². The molecule has 0 aliphatic heterocycles. The predicted molar refractivity (Wildman–Crippen MR) is 45.8 cm³/mol. The third-order valence-corrected chi connectivity index (χ3v) is 1.07. The van der Waals surface area contributed by atoms with Crippen LogP contribution in [0.3, 0.4) is 0 Å². The van der Waals surface area contributed by atoms with Crippen molar-refractivity contribution in [2.45, 2.75) is 20.3 Å². The number of hydrogen-bond acceptors (Lipinski definition) is 1. The first-order chi connectivity index (χ1) is 4.63. The highest BCUT2D eigenvalue weighted by molar-refractivity contribution is 5.01. The largest absolute Gasteiger partial charge is 0.308 e.